The Morgan fingerprint density at radius 1 is 0.925 bits per heavy atom. The van der Waals surface area contributed by atoms with Gasteiger partial charge >= 0.3 is 0 Å². The van der Waals surface area contributed by atoms with Crippen molar-refractivity contribution in [1.29, 1.82) is 0 Å². The largest absolute Gasteiger partial charge is 0.491 e. The lowest BCUT2D eigenvalue weighted by Gasteiger charge is -2.61. The molecular formula is C38H71NO. The van der Waals surface area contributed by atoms with E-state index in [0.29, 0.717) is 22.6 Å². The van der Waals surface area contributed by atoms with Gasteiger partial charge in [0.15, 0.2) is 0 Å². The van der Waals surface area contributed by atoms with Crippen molar-refractivity contribution in [3.63, 3.8) is 0 Å². The number of nitrogens with two attached hydrogens (primary N) is 1. The molecule has 0 aliphatic heterocycles. The number of ether oxygens (including phenoxy) is 1. The molecule has 0 saturated heterocycles. The number of fused-ring (bicyclic) bond motifs is 5. The van der Waals surface area contributed by atoms with Crippen LogP contribution in [0.1, 0.15) is 153 Å². The monoisotopic (exact) mass is 558 g/mol. The highest BCUT2D eigenvalue weighted by atomic mass is 16.5. The molecule has 0 aromatic rings. The Morgan fingerprint density at radius 2 is 1.55 bits per heavy atom. The van der Waals surface area contributed by atoms with E-state index in [-0.39, 0.29) is 0 Å². The summed E-state index contributed by atoms with van der Waals surface area (Å²) in [6.45, 7) is 28.1. The third-order valence-electron chi connectivity index (χ3n) is 11.5. The second-order valence-electron chi connectivity index (χ2n) is 13.1. The molecular weight excluding hydrogens is 486 g/mol. The van der Waals surface area contributed by atoms with Crippen molar-refractivity contribution in [2.24, 2.45) is 52.1 Å². The molecule has 234 valence electrons. The molecule has 0 bridgehead atoms. The van der Waals surface area contributed by atoms with Gasteiger partial charge in [-0.05, 0) is 123 Å². The zero-order valence-corrected chi connectivity index (χ0v) is 29.0. The topological polar surface area (TPSA) is 35.2 Å². The molecule has 0 heterocycles. The summed E-state index contributed by atoms with van der Waals surface area (Å²) in [4.78, 5) is 0. The van der Waals surface area contributed by atoms with Gasteiger partial charge in [-0.1, -0.05) is 95.1 Å². The van der Waals surface area contributed by atoms with E-state index in [4.69, 9.17) is 10.5 Å². The summed E-state index contributed by atoms with van der Waals surface area (Å²) in [6, 6.07) is 0. The number of hydrogen-bond donors (Lipinski definition) is 1. The van der Waals surface area contributed by atoms with Crippen LogP contribution in [0.15, 0.2) is 36.3 Å². The number of unbranched alkanes of at least 4 members (excludes halogenated alkanes) is 1. The molecule has 9 unspecified atom stereocenters. The molecule has 0 aromatic heterocycles. The lowest BCUT2D eigenvalue weighted by atomic mass is 9.44. The van der Waals surface area contributed by atoms with Crippen LogP contribution in [0.25, 0.3) is 0 Å². The van der Waals surface area contributed by atoms with Crippen LogP contribution in [0.3, 0.4) is 0 Å². The van der Waals surface area contributed by atoms with Gasteiger partial charge in [-0.3, -0.25) is 0 Å². The molecule has 0 spiro atoms. The summed E-state index contributed by atoms with van der Waals surface area (Å²) in [5.74, 6) is 6.49. The zero-order valence-electron chi connectivity index (χ0n) is 29.0. The summed E-state index contributed by atoms with van der Waals surface area (Å²) in [5, 5.41) is 0. The normalized spacial score (nSPS) is 37.4. The second-order valence-corrected chi connectivity index (χ2v) is 13.1. The molecule has 4 aliphatic rings. The van der Waals surface area contributed by atoms with Gasteiger partial charge in [0.1, 0.15) is 5.76 Å². The second kappa shape index (κ2) is 17.7. The Morgan fingerprint density at radius 3 is 2.15 bits per heavy atom. The molecule has 0 amide bonds. The fourth-order valence-corrected chi connectivity index (χ4v) is 9.63. The van der Waals surface area contributed by atoms with Crippen molar-refractivity contribution < 1.29 is 4.74 Å². The van der Waals surface area contributed by atoms with Gasteiger partial charge in [0.05, 0.1) is 6.10 Å². The van der Waals surface area contributed by atoms with E-state index >= 15 is 0 Å². The molecule has 2 nitrogen and oxygen atoms in total. The first-order valence-corrected chi connectivity index (χ1v) is 17.7. The highest BCUT2D eigenvalue weighted by Crippen LogP contribution is 2.68. The molecule has 4 fully saturated rings. The van der Waals surface area contributed by atoms with E-state index in [2.05, 4.69) is 34.3 Å². The first kappa shape index (κ1) is 36.8. The molecule has 2 heteroatoms. The standard InChI is InChI=1S/C32H53NO.3C2H6/c1-7-10-11-22(4)28-14-15-29-27-13-12-23-20-26(34-25(9-3)21-24(33)8-2)16-18-31(23,5)30(27)17-19-32(28,29)6;3*1-2/h8-9,21-23,26-30H,2,7,10-20,33H2,1,3-6H3;3*1-2H3/b24-21+,25-9+;;;. The van der Waals surface area contributed by atoms with E-state index in [0.717, 1.165) is 41.3 Å². The van der Waals surface area contributed by atoms with Crippen molar-refractivity contribution in [3.8, 4) is 0 Å². The summed E-state index contributed by atoms with van der Waals surface area (Å²) in [7, 11) is 0. The molecule has 4 saturated carbocycles. The van der Waals surface area contributed by atoms with Crippen LogP contribution in [-0.2, 0) is 4.74 Å². The van der Waals surface area contributed by atoms with Gasteiger partial charge in [-0.15, -0.1) is 0 Å². The third-order valence-corrected chi connectivity index (χ3v) is 11.5. The molecule has 2 N–H and O–H groups in total. The molecule has 0 aromatic carbocycles. The Kier molecular flexibility index (Phi) is 16.3. The third kappa shape index (κ3) is 8.01. The van der Waals surface area contributed by atoms with Crippen molar-refractivity contribution in [3.05, 3.63) is 36.3 Å². The summed E-state index contributed by atoms with van der Waals surface area (Å²) < 4.78 is 6.46. The zero-order chi connectivity index (χ0) is 30.5. The van der Waals surface area contributed by atoms with Crippen LogP contribution in [0, 0.1) is 46.3 Å². The minimum absolute atomic E-state index is 0.332. The van der Waals surface area contributed by atoms with Crippen molar-refractivity contribution in [2.75, 3.05) is 0 Å². The van der Waals surface area contributed by atoms with Crippen molar-refractivity contribution in [1.82, 2.24) is 0 Å². The van der Waals surface area contributed by atoms with E-state index in [1.165, 1.54) is 77.0 Å². The lowest BCUT2D eigenvalue weighted by Crippen LogP contribution is -2.54. The quantitative estimate of drug-likeness (QED) is 0.238. The fraction of sp³-hybridized carbons (Fsp3) is 0.842. The predicted octanol–water partition coefficient (Wildman–Crippen LogP) is 11.9. The maximum Gasteiger partial charge on any atom is 0.117 e. The van der Waals surface area contributed by atoms with E-state index in [1.54, 1.807) is 6.08 Å². The molecule has 0 radical (unpaired) electrons. The first-order chi connectivity index (χ1) is 19.3. The van der Waals surface area contributed by atoms with Crippen LogP contribution < -0.4 is 5.73 Å². The van der Waals surface area contributed by atoms with Crippen molar-refractivity contribution >= 4 is 0 Å². The highest BCUT2D eigenvalue weighted by Gasteiger charge is 2.60. The Balaban J connectivity index is 0.00000125. The van der Waals surface area contributed by atoms with E-state index < -0.39 is 0 Å². The average molecular weight is 558 g/mol. The van der Waals surface area contributed by atoms with E-state index in [1.807, 2.05) is 60.6 Å². The van der Waals surface area contributed by atoms with Crippen LogP contribution >= 0.6 is 0 Å². The maximum absolute atomic E-state index is 6.46. The van der Waals surface area contributed by atoms with Gasteiger partial charge < -0.3 is 10.5 Å². The minimum Gasteiger partial charge on any atom is -0.491 e. The summed E-state index contributed by atoms with van der Waals surface area (Å²) in [5.41, 5.74) is 7.78. The van der Waals surface area contributed by atoms with Crippen LogP contribution in [0.5, 0.6) is 0 Å². The van der Waals surface area contributed by atoms with Crippen LogP contribution in [0.4, 0.5) is 0 Å². The van der Waals surface area contributed by atoms with Gasteiger partial charge in [0, 0.05) is 11.8 Å². The smallest absolute Gasteiger partial charge is 0.117 e. The van der Waals surface area contributed by atoms with Gasteiger partial charge in [0.2, 0.25) is 0 Å². The number of rotatable bonds is 8. The summed E-state index contributed by atoms with van der Waals surface area (Å²) in [6.07, 6.45) is 22.8. The van der Waals surface area contributed by atoms with Crippen LogP contribution in [0.2, 0.25) is 0 Å². The van der Waals surface area contributed by atoms with Gasteiger partial charge in [-0.25, -0.2) is 0 Å². The Labute approximate surface area is 252 Å². The van der Waals surface area contributed by atoms with Gasteiger partial charge in [0.25, 0.3) is 0 Å². The van der Waals surface area contributed by atoms with Gasteiger partial charge in [-0.2, -0.15) is 0 Å². The Hall–Kier alpha value is -1.18. The maximum atomic E-state index is 6.46. The molecule has 9 atom stereocenters. The molecule has 40 heavy (non-hydrogen) atoms. The minimum atomic E-state index is 0.332. The van der Waals surface area contributed by atoms with E-state index in [9.17, 15) is 0 Å². The average Bonchev–Trinajstić information content (AvgIpc) is 3.36. The van der Waals surface area contributed by atoms with Crippen molar-refractivity contribution in [2.45, 2.75) is 159 Å². The number of hydrogen-bond acceptors (Lipinski definition) is 2. The predicted molar refractivity (Wildman–Crippen MR) is 179 cm³/mol. The molecule has 4 rings (SSSR count). The first-order valence-electron chi connectivity index (χ1n) is 17.7. The Bertz CT molecular complexity index is 782. The van der Waals surface area contributed by atoms with Crippen LogP contribution in [-0.4, -0.2) is 6.10 Å². The number of allylic oxidation sites excluding steroid dienone is 3. The lowest BCUT2D eigenvalue weighted by molar-refractivity contribution is -0.131. The highest BCUT2D eigenvalue weighted by molar-refractivity contribution is 5.23. The molecule has 4 aliphatic carbocycles. The SMILES string of the molecule is C=C/C(N)=C\C(=C/C)OC1CCC2(C)C(CCC3C2CCC2(C)C(C(C)CCCC)CCC32)C1.CC.CC.CC. The summed E-state index contributed by atoms with van der Waals surface area (Å²) >= 11 is 0. The fourth-order valence-electron chi connectivity index (χ4n) is 9.63.